The molecule has 16 heavy (non-hydrogen) atoms. The molecule has 1 aromatic carbocycles. The molecule has 0 bridgehead atoms. The Labute approximate surface area is 101 Å². The SMILES string of the molecule is CCCNC(=S)NNc1cccc(OC)c1. The molecule has 88 valence electrons. The maximum absolute atomic E-state index is 5.11. The van der Waals surface area contributed by atoms with Gasteiger partial charge in [0.05, 0.1) is 12.8 Å². The summed E-state index contributed by atoms with van der Waals surface area (Å²) < 4.78 is 5.11. The fraction of sp³-hybridized carbons (Fsp3) is 0.364. The molecule has 0 heterocycles. The molecule has 5 heteroatoms. The average molecular weight is 239 g/mol. The van der Waals surface area contributed by atoms with Gasteiger partial charge in [0, 0.05) is 12.6 Å². The second-order valence-corrected chi connectivity index (χ2v) is 3.65. The first-order chi connectivity index (χ1) is 7.76. The van der Waals surface area contributed by atoms with Gasteiger partial charge in [-0.25, -0.2) is 0 Å². The van der Waals surface area contributed by atoms with Crippen LogP contribution >= 0.6 is 12.2 Å². The zero-order valence-electron chi connectivity index (χ0n) is 9.54. The Bertz CT molecular complexity index is 344. The van der Waals surface area contributed by atoms with Crippen molar-refractivity contribution >= 4 is 23.0 Å². The number of ether oxygens (including phenoxy) is 1. The number of benzene rings is 1. The number of hydrazine groups is 1. The summed E-state index contributed by atoms with van der Waals surface area (Å²) in [5.41, 5.74) is 6.80. The molecule has 0 unspecified atom stereocenters. The van der Waals surface area contributed by atoms with Crippen molar-refractivity contribution in [2.24, 2.45) is 0 Å². The van der Waals surface area contributed by atoms with Crippen molar-refractivity contribution in [2.45, 2.75) is 13.3 Å². The Hall–Kier alpha value is -1.49. The maximum Gasteiger partial charge on any atom is 0.185 e. The summed E-state index contributed by atoms with van der Waals surface area (Å²) in [5.74, 6) is 0.805. The van der Waals surface area contributed by atoms with E-state index in [1.165, 1.54) is 0 Å². The van der Waals surface area contributed by atoms with Gasteiger partial charge in [-0.15, -0.1) is 0 Å². The highest BCUT2D eigenvalue weighted by Crippen LogP contribution is 2.15. The van der Waals surface area contributed by atoms with Crippen LogP contribution in [0.15, 0.2) is 24.3 Å². The smallest absolute Gasteiger partial charge is 0.185 e. The summed E-state index contributed by atoms with van der Waals surface area (Å²) in [7, 11) is 1.64. The molecular weight excluding hydrogens is 222 g/mol. The van der Waals surface area contributed by atoms with Crippen LogP contribution in [0.1, 0.15) is 13.3 Å². The molecular formula is C11H17N3OS. The molecule has 4 nitrogen and oxygen atoms in total. The molecule has 0 radical (unpaired) electrons. The highest BCUT2D eigenvalue weighted by Gasteiger charge is 1.96. The normalized spacial score (nSPS) is 9.38. The van der Waals surface area contributed by atoms with Crippen LogP contribution in [0.25, 0.3) is 0 Å². The van der Waals surface area contributed by atoms with E-state index in [1.807, 2.05) is 24.3 Å². The van der Waals surface area contributed by atoms with Crippen molar-refractivity contribution in [2.75, 3.05) is 19.1 Å². The van der Waals surface area contributed by atoms with Gasteiger partial charge >= 0.3 is 0 Å². The molecule has 1 aromatic rings. The topological polar surface area (TPSA) is 45.3 Å². The van der Waals surface area contributed by atoms with Crippen LogP contribution in [0.5, 0.6) is 5.75 Å². The van der Waals surface area contributed by atoms with Crippen molar-refractivity contribution < 1.29 is 4.74 Å². The lowest BCUT2D eigenvalue weighted by molar-refractivity contribution is 0.415. The Morgan fingerprint density at radius 3 is 2.94 bits per heavy atom. The van der Waals surface area contributed by atoms with E-state index < -0.39 is 0 Å². The lowest BCUT2D eigenvalue weighted by Crippen LogP contribution is -2.39. The third-order valence-electron chi connectivity index (χ3n) is 1.93. The van der Waals surface area contributed by atoms with Crippen LogP contribution in [-0.4, -0.2) is 18.8 Å². The standard InChI is InChI=1S/C11H17N3OS/c1-3-7-12-11(16)14-13-9-5-4-6-10(8-9)15-2/h4-6,8,13H,3,7H2,1-2H3,(H2,12,14,16). The highest BCUT2D eigenvalue weighted by atomic mass is 32.1. The quantitative estimate of drug-likeness (QED) is 0.541. The van der Waals surface area contributed by atoms with Gasteiger partial charge in [0.15, 0.2) is 5.11 Å². The summed E-state index contributed by atoms with van der Waals surface area (Å²) >= 11 is 5.06. The number of anilines is 1. The number of nitrogens with one attached hydrogen (secondary N) is 3. The van der Waals surface area contributed by atoms with Gasteiger partial charge in [0.1, 0.15) is 5.75 Å². The van der Waals surface area contributed by atoms with Gasteiger partial charge in [0.25, 0.3) is 0 Å². The number of rotatable bonds is 5. The van der Waals surface area contributed by atoms with Crippen LogP contribution in [-0.2, 0) is 0 Å². The van der Waals surface area contributed by atoms with Crippen molar-refractivity contribution in [1.29, 1.82) is 0 Å². The first kappa shape index (κ1) is 12.6. The van der Waals surface area contributed by atoms with Gasteiger partial charge in [-0.2, -0.15) is 0 Å². The van der Waals surface area contributed by atoms with Crippen molar-refractivity contribution in [3.63, 3.8) is 0 Å². The van der Waals surface area contributed by atoms with Gasteiger partial charge in [-0.1, -0.05) is 13.0 Å². The first-order valence-corrected chi connectivity index (χ1v) is 5.61. The minimum atomic E-state index is 0.588. The monoisotopic (exact) mass is 239 g/mol. The zero-order chi connectivity index (χ0) is 11.8. The van der Waals surface area contributed by atoms with Crippen LogP contribution in [0.2, 0.25) is 0 Å². The van der Waals surface area contributed by atoms with Crippen molar-refractivity contribution in [3.05, 3.63) is 24.3 Å². The zero-order valence-corrected chi connectivity index (χ0v) is 10.4. The molecule has 0 spiro atoms. The van der Waals surface area contributed by atoms with E-state index in [9.17, 15) is 0 Å². The lowest BCUT2D eigenvalue weighted by atomic mass is 10.3. The molecule has 0 amide bonds. The molecule has 0 saturated carbocycles. The van der Waals surface area contributed by atoms with E-state index in [-0.39, 0.29) is 0 Å². The van der Waals surface area contributed by atoms with E-state index in [0.29, 0.717) is 5.11 Å². The summed E-state index contributed by atoms with van der Waals surface area (Å²) in [5, 5.41) is 3.65. The van der Waals surface area contributed by atoms with Gasteiger partial charge < -0.3 is 10.1 Å². The van der Waals surface area contributed by atoms with Gasteiger partial charge in [-0.05, 0) is 30.8 Å². The molecule has 0 aliphatic heterocycles. The van der Waals surface area contributed by atoms with E-state index in [1.54, 1.807) is 7.11 Å². The molecule has 0 fully saturated rings. The second-order valence-electron chi connectivity index (χ2n) is 3.24. The van der Waals surface area contributed by atoms with E-state index in [2.05, 4.69) is 23.1 Å². The fourth-order valence-corrected chi connectivity index (χ4v) is 1.27. The number of methoxy groups -OCH3 is 1. The van der Waals surface area contributed by atoms with E-state index in [4.69, 9.17) is 17.0 Å². The summed E-state index contributed by atoms with van der Waals surface area (Å²) in [6.07, 6.45) is 1.04. The third-order valence-corrected chi connectivity index (χ3v) is 2.17. The molecule has 0 aliphatic carbocycles. The van der Waals surface area contributed by atoms with Crippen molar-refractivity contribution in [3.8, 4) is 5.75 Å². The largest absolute Gasteiger partial charge is 0.497 e. The Morgan fingerprint density at radius 1 is 1.44 bits per heavy atom. The summed E-state index contributed by atoms with van der Waals surface area (Å²) in [6, 6.07) is 7.61. The molecule has 3 N–H and O–H groups in total. The molecule has 0 atom stereocenters. The summed E-state index contributed by atoms with van der Waals surface area (Å²) in [6.45, 7) is 2.96. The van der Waals surface area contributed by atoms with Crippen LogP contribution < -0.4 is 20.9 Å². The van der Waals surface area contributed by atoms with E-state index >= 15 is 0 Å². The Kier molecular flexibility index (Phi) is 5.42. The number of hydrogen-bond acceptors (Lipinski definition) is 3. The third kappa shape index (κ3) is 4.35. The predicted molar refractivity (Wildman–Crippen MR) is 70.6 cm³/mol. The minimum absolute atomic E-state index is 0.588. The van der Waals surface area contributed by atoms with Crippen LogP contribution in [0.3, 0.4) is 0 Å². The van der Waals surface area contributed by atoms with E-state index in [0.717, 1.165) is 24.4 Å². The van der Waals surface area contributed by atoms with Crippen molar-refractivity contribution in [1.82, 2.24) is 10.7 Å². The average Bonchev–Trinajstić information content (AvgIpc) is 2.34. The first-order valence-electron chi connectivity index (χ1n) is 5.20. The van der Waals surface area contributed by atoms with Gasteiger partial charge in [-0.3, -0.25) is 10.9 Å². The number of hydrogen-bond donors (Lipinski definition) is 3. The van der Waals surface area contributed by atoms with Crippen LogP contribution in [0, 0.1) is 0 Å². The molecule has 0 saturated heterocycles. The lowest BCUT2D eigenvalue weighted by Gasteiger charge is -2.12. The highest BCUT2D eigenvalue weighted by molar-refractivity contribution is 7.80. The van der Waals surface area contributed by atoms with Crippen LogP contribution in [0.4, 0.5) is 5.69 Å². The second kappa shape index (κ2) is 6.90. The Balaban J connectivity index is 2.38. The summed E-state index contributed by atoms with van der Waals surface area (Å²) in [4.78, 5) is 0. The number of thiocarbonyl (C=S) groups is 1. The molecule has 1 rings (SSSR count). The minimum Gasteiger partial charge on any atom is -0.497 e. The Morgan fingerprint density at radius 2 is 2.25 bits per heavy atom. The maximum atomic E-state index is 5.11. The molecule has 0 aliphatic rings. The van der Waals surface area contributed by atoms with Gasteiger partial charge in [0.2, 0.25) is 0 Å². The predicted octanol–water partition coefficient (Wildman–Crippen LogP) is 1.90. The fourth-order valence-electron chi connectivity index (χ4n) is 1.11. The molecule has 0 aromatic heterocycles.